The van der Waals surface area contributed by atoms with Gasteiger partial charge >= 0.3 is 5.97 Å². The number of allylic oxidation sites excluding steroid dienone is 5. The topological polar surface area (TPSA) is 43.4 Å². The lowest BCUT2D eigenvalue weighted by Crippen LogP contribution is -2.45. The zero-order valence-electron chi connectivity index (χ0n) is 15.2. The first-order valence-electron chi connectivity index (χ1n) is 8.46. The van der Waals surface area contributed by atoms with Gasteiger partial charge in [-0.2, -0.15) is 0 Å². The molecule has 2 aliphatic rings. The fourth-order valence-electron chi connectivity index (χ4n) is 3.68. The number of hydrogen-bond donors (Lipinski definition) is 0. The van der Waals surface area contributed by atoms with E-state index in [9.17, 15) is 9.59 Å². The number of carbonyl (C=O) groups is 2. The second kappa shape index (κ2) is 6.46. The minimum absolute atomic E-state index is 0.0915. The molecule has 126 valence electrons. The van der Waals surface area contributed by atoms with E-state index in [1.54, 1.807) is 13.0 Å². The third-order valence-corrected chi connectivity index (χ3v) is 5.76. The zero-order valence-corrected chi connectivity index (χ0v) is 15.2. The van der Waals surface area contributed by atoms with E-state index in [1.165, 1.54) is 5.57 Å². The quantitative estimate of drug-likeness (QED) is 0.555. The second-order valence-electron chi connectivity index (χ2n) is 7.35. The first-order chi connectivity index (χ1) is 10.7. The van der Waals surface area contributed by atoms with Crippen molar-refractivity contribution in [2.75, 3.05) is 0 Å². The zero-order chi connectivity index (χ0) is 17.4. The van der Waals surface area contributed by atoms with E-state index in [4.69, 9.17) is 4.74 Å². The Morgan fingerprint density at radius 1 is 1.35 bits per heavy atom. The van der Waals surface area contributed by atoms with E-state index < -0.39 is 0 Å². The summed E-state index contributed by atoms with van der Waals surface area (Å²) in [5.74, 6) is 0.123. The molecule has 0 amide bonds. The lowest BCUT2D eigenvalue weighted by Gasteiger charge is -2.48. The Morgan fingerprint density at radius 2 is 2.00 bits per heavy atom. The van der Waals surface area contributed by atoms with Gasteiger partial charge in [0.15, 0.2) is 5.78 Å². The molecule has 0 saturated heterocycles. The number of hydrogen-bond acceptors (Lipinski definition) is 3. The predicted octanol–water partition coefficient (Wildman–Crippen LogP) is 4.54. The Kier molecular flexibility index (Phi) is 4.98. The number of ketones is 1. The van der Waals surface area contributed by atoms with Gasteiger partial charge in [0.2, 0.25) is 0 Å². The van der Waals surface area contributed by atoms with E-state index >= 15 is 0 Å². The van der Waals surface area contributed by atoms with Gasteiger partial charge in [-0.3, -0.25) is 4.79 Å². The summed E-state index contributed by atoms with van der Waals surface area (Å²) in [6.45, 7) is 12.0. The van der Waals surface area contributed by atoms with Crippen LogP contribution in [0.1, 0.15) is 60.8 Å². The van der Waals surface area contributed by atoms with E-state index in [1.807, 2.05) is 26.8 Å². The Hall–Kier alpha value is -1.64. The van der Waals surface area contributed by atoms with Crippen LogP contribution >= 0.6 is 0 Å². The van der Waals surface area contributed by atoms with Gasteiger partial charge in [0, 0.05) is 11.5 Å². The molecule has 0 aliphatic heterocycles. The molecule has 3 nitrogen and oxygen atoms in total. The molecular weight excluding hydrogens is 288 g/mol. The van der Waals surface area contributed by atoms with Crippen LogP contribution in [0.5, 0.6) is 0 Å². The molecule has 2 aliphatic carbocycles. The number of ether oxygens (including phenoxy) is 1. The van der Waals surface area contributed by atoms with Gasteiger partial charge in [0.25, 0.3) is 0 Å². The maximum Gasteiger partial charge on any atom is 0.333 e. The van der Waals surface area contributed by atoms with Crippen molar-refractivity contribution in [2.45, 2.75) is 66.9 Å². The van der Waals surface area contributed by atoms with Crippen molar-refractivity contribution in [2.24, 2.45) is 11.3 Å². The third kappa shape index (κ3) is 3.19. The van der Waals surface area contributed by atoms with Gasteiger partial charge < -0.3 is 4.74 Å². The molecule has 1 fully saturated rings. The molecule has 1 saturated carbocycles. The number of rotatable bonds is 2. The molecule has 3 unspecified atom stereocenters. The minimum atomic E-state index is -0.227. The van der Waals surface area contributed by atoms with Crippen LogP contribution < -0.4 is 0 Å². The summed E-state index contributed by atoms with van der Waals surface area (Å²) >= 11 is 0. The number of esters is 1. The predicted molar refractivity (Wildman–Crippen MR) is 91.9 cm³/mol. The lowest BCUT2D eigenvalue weighted by atomic mass is 9.58. The Bertz CT molecular complexity index is 617. The summed E-state index contributed by atoms with van der Waals surface area (Å²) in [5, 5.41) is 0. The summed E-state index contributed by atoms with van der Waals surface area (Å²) in [7, 11) is 0. The average molecular weight is 316 g/mol. The van der Waals surface area contributed by atoms with E-state index in [-0.39, 0.29) is 29.2 Å². The van der Waals surface area contributed by atoms with Gasteiger partial charge in [-0.1, -0.05) is 31.1 Å². The highest BCUT2D eigenvalue weighted by Crippen LogP contribution is 2.52. The van der Waals surface area contributed by atoms with Crippen molar-refractivity contribution < 1.29 is 14.3 Å². The third-order valence-electron chi connectivity index (χ3n) is 5.76. The summed E-state index contributed by atoms with van der Waals surface area (Å²) < 4.78 is 5.76. The van der Waals surface area contributed by atoms with Crippen molar-refractivity contribution in [3.63, 3.8) is 0 Å². The summed E-state index contributed by atoms with van der Waals surface area (Å²) in [6, 6.07) is 0. The smallest absolute Gasteiger partial charge is 0.333 e. The standard InChI is InChI=1S/C20H28O3/c1-7-13(4)19(22)23-18-9-8-15-10-17(21)16(12(2)3)11-20(15,6)14(18)5/h7,10,14,18H,8-9,11H2,1-6H3/b13-7-. The molecule has 0 aromatic heterocycles. The normalized spacial score (nSPS) is 31.4. The van der Waals surface area contributed by atoms with Crippen LogP contribution in [-0.4, -0.2) is 17.9 Å². The highest BCUT2D eigenvalue weighted by atomic mass is 16.5. The molecule has 0 radical (unpaired) electrons. The van der Waals surface area contributed by atoms with Crippen LogP contribution in [0.4, 0.5) is 0 Å². The monoisotopic (exact) mass is 316 g/mol. The summed E-state index contributed by atoms with van der Waals surface area (Å²) in [4.78, 5) is 24.4. The molecule has 2 rings (SSSR count). The van der Waals surface area contributed by atoms with Crippen LogP contribution in [0, 0.1) is 11.3 Å². The Balaban J connectivity index is 2.29. The molecule has 3 heteroatoms. The van der Waals surface area contributed by atoms with Gasteiger partial charge in [0.05, 0.1) is 0 Å². The highest BCUT2D eigenvalue weighted by Gasteiger charge is 2.47. The maximum atomic E-state index is 12.3. The Labute approximate surface area is 139 Å². The molecule has 0 aromatic rings. The van der Waals surface area contributed by atoms with Crippen molar-refractivity contribution >= 4 is 11.8 Å². The van der Waals surface area contributed by atoms with Crippen LogP contribution in [0.2, 0.25) is 0 Å². The molecular formula is C20H28O3. The average Bonchev–Trinajstić information content (AvgIpc) is 2.50. The first-order valence-corrected chi connectivity index (χ1v) is 8.46. The maximum absolute atomic E-state index is 12.3. The lowest BCUT2D eigenvalue weighted by molar-refractivity contribution is -0.151. The van der Waals surface area contributed by atoms with Gasteiger partial charge in [-0.15, -0.1) is 0 Å². The first kappa shape index (κ1) is 17.7. The van der Waals surface area contributed by atoms with Crippen LogP contribution in [0.25, 0.3) is 0 Å². The Morgan fingerprint density at radius 3 is 2.57 bits per heavy atom. The van der Waals surface area contributed by atoms with Crippen LogP contribution in [0.3, 0.4) is 0 Å². The van der Waals surface area contributed by atoms with E-state index in [2.05, 4.69) is 13.8 Å². The van der Waals surface area contributed by atoms with Crippen molar-refractivity contribution in [3.05, 3.63) is 34.4 Å². The molecule has 0 aromatic carbocycles. The largest absolute Gasteiger partial charge is 0.459 e. The SMILES string of the molecule is C/C=C(/C)C(=O)OC1CCC2=CC(=O)C(=C(C)C)CC2(C)C1C. The van der Waals surface area contributed by atoms with Crippen molar-refractivity contribution in [3.8, 4) is 0 Å². The molecule has 0 bridgehead atoms. The summed E-state index contributed by atoms with van der Waals surface area (Å²) in [5.41, 5.74) is 3.76. The fraction of sp³-hybridized carbons (Fsp3) is 0.600. The van der Waals surface area contributed by atoms with Crippen molar-refractivity contribution in [1.82, 2.24) is 0 Å². The molecule has 3 atom stereocenters. The van der Waals surface area contributed by atoms with Gasteiger partial charge in [0.1, 0.15) is 6.10 Å². The fourth-order valence-corrected chi connectivity index (χ4v) is 3.68. The summed E-state index contributed by atoms with van der Waals surface area (Å²) in [6.07, 6.45) is 5.89. The number of fused-ring (bicyclic) bond motifs is 1. The van der Waals surface area contributed by atoms with E-state index in [0.29, 0.717) is 5.57 Å². The molecule has 0 N–H and O–H groups in total. The minimum Gasteiger partial charge on any atom is -0.459 e. The van der Waals surface area contributed by atoms with Gasteiger partial charge in [-0.25, -0.2) is 4.79 Å². The van der Waals surface area contributed by atoms with E-state index in [0.717, 1.165) is 30.4 Å². The van der Waals surface area contributed by atoms with Crippen LogP contribution in [0.15, 0.2) is 34.4 Å². The second-order valence-corrected chi connectivity index (χ2v) is 7.35. The van der Waals surface area contributed by atoms with Gasteiger partial charge in [-0.05, 0) is 64.0 Å². The highest BCUT2D eigenvalue weighted by molar-refractivity contribution is 6.06. The number of carbonyl (C=O) groups excluding carboxylic acids is 2. The molecule has 0 heterocycles. The molecule has 23 heavy (non-hydrogen) atoms. The van der Waals surface area contributed by atoms with Crippen LogP contribution in [-0.2, 0) is 14.3 Å². The van der Waals surface area contributed by atoms with Crippen molar-refractivity contribution in [1.29, 1.82) is 0 Å². The molecule has 0 spiro atoms.